The summed E-state index contributed by atoms with van der Waals surface area (Å²) in [6.07, 6.45) is 2.04. The second-order valence-corrected chi connectivity index (χ2v) is 5.57. The van der Waals surface area contributed by atoms with Crippen molar-refractivity contribution in [1.29, 1.82) is 0 Å². The largest absolute Gasteiger partial charge is 0.508 e. The molecule has 1 unspecified atom stereocenters. The van der Waals surface area contributed by atoms with Gasteiger partial charge in [-0.15, -0.1) is 0 Å². The van der Waals surface area contributed by atoms with E-state index in [1.54, 1.807) is 18.2 Å². The third-order valence-electron chi connectivity index (χ3n) is 5.03. The number of hydrogen-bond donors (Lipinski definition) is 2. The second kappa shape index (κ2) is 3.82. The maximum Gasteiger partial charge on any atom is 0.180 e. The Morgan fingerprint density at radius 3 is 3.00 bits per heavy atom. The van der Waals surface area contributed by atoms with Gasteiger partial charge in [0.25, 0.3) is 0 Å². The summed E-state index contributed by atoms with van der Waals surface area (Å²) in [6.45, 7) is 5.22. The average Bonchev–Trinajstić information content (AvgIpc) is 2.37. The Hall–Kier alpha value is -1.35. The minimum Gasteiger partial charge on any atom is -0.508 e. The molecule has 1 aromatic rings. The molecule has 1 heterocycles. The third kappa shape index (κ3) is 1.31. The molecule has 0 radical (unpaired) electrons. The number of Topliss-reactive ketones (excluding diaryl/α,β-unsaturated/α-hetero) is 1. The molecule has 0 aromatic heterocycles. The Morgan fingerprint density at radius 1 is 1.50 bits per heavy atom. The standard InChI is InChI=1S/C15H19NO2/c1-3-15-6-7-16-13(9(15)2)14(18)11-5-4-10(17)8-12(11)15/h4-5,8-9,13,16-17H,3,6-7H2,1-2H3/t9-,13-,15?/m0/s1. The Morgan fingerprint density at radius 2 is 2.28 bits per heavy atom. The molecule has 3 rings (SSSR count). The van der Waals surface area contributed by atoms with Gasteiger partial charge in [-0.05, 0) is 49.1 Å². The van der Waals surface area contributed by atoms with Crippen LogP contribution in [0.15, 0.2) is 18.2 Å². The zero-order valence-corrected chi connectivity index (χ0v) is 10.9. The lowest BCUT2D eigenvalue weighted by Crippen LogP contribution is -2.60. The van der Waals surface area contributed by atoms with Crippen LogP contribution in [0.5, 0.6) is 5.75 Å². The smallest absolute Gasteiger partial charge is 0.180 e. The topological polar surface area (TPSA) is 49.3 Å². The summed E-state index contributed by atoms with van der Waals surface area (Å²) in [5, 5.41) is 13.1. The van der Waals surface area contributed by atoms with Crippen LogP contribution in [0.1, 0.15) is 42.6 Å². The molecule has 3 heteroatoms. The van der Waals surface area contributed by atoms with Crippen molar-refractivity contribution in [1.82, 2.24) is 5.32 Å². The minimum absolute atomic E-state index is 0.0396. The molecule has 1 saturated heterocycles. The molecule has 0 spiro atoms. The number of carbonyl (C=O) groups is 1. The van der Waals surface area contributed by atoms with Gasteiger partial charge in [-0.1, -0.05) is 13.8 Å². The van der Waals surface area contributed by atoms with Gasteiger partial charge in [-0.2, -0.15) is 0 Å². The van der Waals surface area contributed by atoms with E-state index in [1.807, 2.05) is 0 Å². The molecule has 1 aliphatic carbocycles. The first kappa shape index (κ1) is 11.7. The van der Waals surface area contributed by atoms with Crippen molar-refractivity contribution in [3.8, 4) is 5.75 Å². The molecule has 3 nitrogen and oxygen atoms in total. The fourth-order valence-electron chi connectivity index (χ4n) is 3.89. The molecule has 1 fully saturated rings. The monoisotopic (exact) mass is 245 g/mol. The van der Waals surface area contributed by atoms with E-state index in [0.29, 0.717) is 0 Å². The zero-order valence-electron chi connectivity index (χ0n) is 10.9. The molecule has 2 N–H and O–H groups in total. The lowest BCUT2D eigenvalue weighted by molar-refractivity contribution is 0.0733. The normalized spacial score (nSPS) is 34.2. The SMILES string of the molecule is CCC12CCN[C@H](C(=O)c3ccc(O)cc31)[C@@H]2C. The Bertz CT molecular complexity index is 511. The molecule has 1 aromatic carbocycles. The van der Waals surface area contributed by atoms with Crippen LogP contribution in [-0.2, 0) is 5.41 Å². The van der Waals surface area contributed by atoms with Gasteiger partial charge in [0.2, 0.25) is 0 Å². The zero-order chi connectivity index (χ0) is 12.9. The highest BCUT2D eigenvalue weighted by molar-refractivity contribution is 6.03. The quantitative estimate of drug-likeness (QED) is 0.797. The average molecular weight is 245 g/mol. The number of hydrogen-bond acceptors (Lipinski definition) is 3. The van der Waals surface area contributed by atoms with Gasteiger partial charge in [0, 0.05) is 11.0 Å². The van der Waals surface area contributed by atoms with Gasteiger partial charge < -0.3 is 10.4 Å². The van der Waals surface area contributed by atoms with Crippen LogP contribution in [0, 0.1) is 5.92 Å². The van der Waals surface area contributed by atoms with E-state index < -0.39 is 0 Å². The lowest BCUT2D eigenvalue weighted by Gasteiger charge is -2.51. The Kier molecular flexibility index (Phi) is 2.49. The first-order valence-corrected chi connectivity index (χ1v) is 6.71. The Balaban J connectivity index is 2.27. The van der Waals surface area contributed by atoms with E-state index in [2.05, 4.69) is 19.2 Å². The first-order chi connectivity index (χ1) is 8.60. The number of benzene rings is 1. The predicted octanol–water partition coefficient (Wildman–Crippen LogP) is 2.23. The number of phenols is 1. The molecule has 1 aliphatic heterocycles. The molecular formula is C15H19NO2. The van der Waals surface area contributed by atoms with Crippen LogP contribution in [-0.4, -0.2) is 23.5 Å². The summed E-state index contributed by atoms with van der Waals surface area (Å²) in [6, 6.07) is 5.14. The number of nitrogens with one attached hydrogen (secondary N) is 1. The van der Waals surface area contributed by atoms with Crippen molar-refractivity contribution >= 4 is 5.78 Å². The van der Waals surface area contributed by atoms with E-state index in [-0.39, 0.29) is 28.9 Å². The molecule has 96 valence electrons. The highest BCUT2D eigenvalue weighted by Crippen LogP contribution is 2.49. The third-order valence-corrected chi connectivity index (χ3v) is 5.03. The number of rotatable bonds is 1. The summed E-state index contributed by atoms with van der Waals surface area (Å²) in [7, 11) is 0. The van der Waals surface area contributed by atoms with E-state index in [9.17, 15) is 9.90 Å². The van der Waals surface area contributed by atoms with Gasteiger partial charge in [0.05, 0.1) is 6.04 Å². The fourth-order valence-corrected chi connectivity index (χ4v) is 3.89. The van der Waals surface area contributed by atoms with Gasteiger partial charge in [0.15, 0.2) is 5.78 Å². The van der Waals surface area contributed by atoms with Gasteiger partial charge in [0.1, 0.15) is 5.75 Å². The predicted molar refractivity (Wildman–Crippen MR) is 70.0 cm³/mol. The van der Waals surface area contributed by atoms with E-state index in [0.717, 1.165) is 30.5 Å². The number of phenolic OH excluding ortho intramolecular Hbond substituents is 1. The van der Waals surface area contributed by atoms with Crippen LogP contribution in [0.2, 0.25) is 0 Å². The van der Waals surface area contributed by atoms with Crippen molar-refractivity contribution in [2.75, 3.05) is 6.54 Å². The maximum absolute atomic E-state index is 12.5. The number of aromatic hydroxyl groups is 1. The van der Waals surface area contributed by atoms with E-state index in [4.69, 9.17) is 0 Å². The molecule has 2 bridgehead atoms. The van der Waals surface area contributed by atoms with Gasteiger partial charge in [-0.25, -0.2) is 0 Å². The summed E-state index contributed by atoms with van der Waals surface area (Å²) < 4.78 is 0. The van der Waals surface area contributed by atoms with E-state index in [1.165, 1.54) is 0 Å². The van der Waals surface area contributed by atoms with Crippen LogP contribution in [0.4, 0.5) is 0 Å². The van der Waals surface area contributed by atoms with E-state index >= 15 is 0 Å². The van der Waals surface area contributed by atoms with Crippen LogP contribution < -0.4 is 5.32 Å². The maximum atomic E-state index is 12.5. The highest BCUT2D eigenvalue weighted by Gasteiger charge is 2.51. The van der Waals surface area contributed by atoms with Crippen LogP contribution >= 0.6 is 0 Å². The minimum atomic E-state index is -0.0595. The number of ketones is 1. The number of piperidine rings is 1. The highest BCUT2D eigenvalue weighted by atomic mass is 16.3. The number of carbonyl (C=O) groups excluding carboxylic acids is 1. The molecule has 18 heavy (non-hydrogen) atoms. The molecule has 0 amide bonds. The molecular weight excluding hydrogens is 226 g/mol. The molecule has 0 saturated carbocycles. The Labute approximate surface area is 107 Å². The summed E-state index contributed by atoms with van der Waals surface area (Å²) >= 11 is 0. The van der Waals surface area contributed by atoms with Crippen molar-refractivity contribution in [2.45, 2.75) is 38.1 Å². The van der Waals surface area contributed by atoms with Gasteiger partial charge in [-0.3, -0.25) is 4.79 Å². The van der Waals surface area contributed by atoms with Crippen LogP contribution in [0.25, 0.3) is 0 Å². The lowest BCUT2D eigenvalue weighted by atomic mass is 9.57. The van der Waals surface area contributed by atoms with Crippen molar-refractivity contribution in [2.24, 2.45) is 5.92 Å². The van der Waals surface area contributed by atoms with Crippen molar-refractivity contribution in [3.05, 3.63) is 29.3 Å². The summed E-state index contributed by atoms with van der Waals surface area (Å²) in [5.41, 5.74) is 1.89. The second-order valence-electron chi connectivity index (χ2n) is 5.57. The van der Waals surface area contributed by atoms with Crippen molar-refractivity contribution in [3.63, 3.8) is 0 Å². The fraction of sp³-hybridized carbons (Fsp3) is 0.533. The summed E-state index contributed by atoms with van der Waals surface area (Å²) in [5.74, 6) is 0.734. The van der Waals surface area contributed by atoms with Crippen LogP contribution in [0.3, 0.4) is 0 Å². The number of fused-ring (bicyclic) bond motifs is 4. The molecule has 2 aliphatic rings. The van der Waals surface area contributed by atoms with Gasteiger partial charge >= 0.3 is 0 Å². The van der Waals surface area contributed by atoms with Crippen molar-refractivity contribution < 1.29 is 9.90 Å². The molecule has 3 atom stereocenters. The first-order valence-electron chi connectivity index (χ1n) is 6.71. The summed E-state index contributed by atoms with van der Waals surface area (Å²) in [4.78, 5) is 12.5.